The van der Waals surface area contributed by atoms with Crippen LogP contribution in [0.1, 0.15) is 19.3 Å². The molecule has 19 heavy (non-hydrogen) atoms. The number of guanidine groups is 1. The second kappa shape index (κ2) is 5.61. The Bertz CT molecular complexity index is 430. The summed E-state index contributed by atoms with van der Waals surface area (Å²) in [6.45, 7) is 1.64. The predicted molar refractivity (Wildman–Crippen MR) is 73.0 cm³/mol. The molecule has 104 valence electrons. The molecule has 6 heteroatoms. The van der Waals surface area contributed by atoms with Crippen LogP contribution in [0.5, 0.6) is 0 Å². The third kappa shape index (κ3) is 2.89. The van der Waals surface area contributed by atoms with Crippen LogP contribution in [0.25, 0.3) is 0 Å². The van der Waals surface area contributed by atoms with Gasteiger partial charge in [-0.05, 0) is 25.3 Å². The number of hydrogen-bond donors (Lipinski definition) is 2. The molecule has 3 rings (SSSR count). The molecule has 2 aliphatic heterocycles. The van der Waals surface area contributed by atoms with Crippen LogP contribution in [0.4, 0.5) is 0 Å². The molecule has 2 saturated heterocycles. The molecule has 1 aromatic rings. The first-order valence-corrected chi connectivity index (χ1v) is 6.95. The fourth-order valence-corrected chi connectivity index (χ4v) is 2.88. The Balaban J connectivity index is 1.43. The minimum atomic E-state index is 0.370. The van der Waals surface area contributed by atoms with Crippen molar-refractivity contribution in [3.8, 4) is 0 Å². The SMILES string of the molecule is CN=C(NCCn1cccn1)NC1CC2CCC1O2. The fourth-order valence-electron chi connectivity index (χ4n) is 2.88. The molecule has 0 amide bonds. The summed E-state index contributed by atoms with van der Waals surface area (Å²) in [6.07, 6.45) is 8.08. The third-order valence-corrected chi connectivity index (χ3v) is 3.84. The van der Waals surface area contributed by atoms with Crippen LogP contribution in [0, 0.1) is 0 Å². The van der Waals surface area contributed by atoms with Crippen molar-refractivity contribution in [3.63, 3.8) is 0 Å². The molecule has 2 bridgehead atoms. The average Bonchev–Trinajstić information content (AvgIpc) is 3.14. The van der Waals surface area contributed by atoms with E-state index in [0.29, 0.717) is 18.2 Å². The molecular formula is C13H21N5O. The number of fused-ring (bicyclic) bond motifs is 2. The zero-order valence-electron chi connectivity index (χ0n) is 11.2. The van der Waals surface area contributed by atoms with Gasteiger partial charge in [-0.25, -0.2) is 0 Å². The predicted octanol–water partition coefficient (Wildman–Crippen LogP) is 0.368. The molecule has 3 heterocycles. The van der Waals surface area contributed by atoms with Crippen LogP contribution in [0.15, 0.2) is 23.5 Å². The quantitative estimate of drug-likeness (QED) is 0.608. The van der Waals surface area contributed by atoms with Crippen LogP contribution in [-0.4, -0.2) is 47.6 Å². The zero-order chi connectivity index (χ0) is 13.1. The summed E-state index contributed by atoms with van der Waals surface area (Å²) < 4.78 is 7.74. The molecule has 0 saturated carbocycles. The topological polar surface area (TPSA) is 63.5 Å². The van der Waals surface area contributed by atoms with Crippen molar-refractivity contribution >= 4 is 5.96 Å². The average molecular weight is 263 g/mol. The maximum Gasteiger partial charge on any atom is 0.191 e. The van der Waals surface area contributed by atoms with Gasteiger partial charge in [-0.3, -0.25) is 9.67 Å². The fraction of sp³-hybridized carbons (Fsp3) is 0.692. The van der Waals surface area contributed by atoms with E-state index in [1.54, 1.807) is 13.2 Å². The maximum absolute atomic E-state index is 5.83. The Morgan fingerprint density at radius 2 is 2.47 bits per heavy atom. The molecule has 3 atom stereocenters. The number of hydrogen-bond acceptors (Lipinski definition) is 3. The maximum atomic E-state index is 5.83. The molecule has 0 aliphatic carbocycles. The number of rotatable bonds is 4. The third-order valence-electron chi connectivity index (χ3n) is 3.84. The highest BCUT2D eigenvalue weighted by molar-refractivity contribution is 5.80. The molecule has 1 aromatic heterocycles. The van der Waals surface area contributed by atoms with E-state index in [1.165, 1.54) is 12.8 Å². The zero-order valence-corrected chi connectivity index (χ0v) is 11.2. The largest absolute Gasteiger partial charge is 0.373 e. The molecule has 0 radical (unpaired) electrons. The highest BCUT2D eigenvalue weighted by atomic mass is 16.5. The molecule has 6 nitrogen and oxygen atoms in total. The van der Waals surface area contributed by atoms with E-state index in [0.717, 1.165) is 25.5 Å². The van der Waals surface area contributed by atoms with Gasteiger partial charge >= 0.3 is 0 Å². The van der Waals surface area contributed by atoms with Gasteiger partial charge in [0.2, 0.25) is 0 Å². The Morgan fingerprint density at radius 1 is 1.53 bits per heavy atom. The van der Waals surface area contributed by atoms with E-state index in [4.69, 9.17) is 4.74 Å². The molecule has 2 aliphatic rings. The summed E-state index contributed by atoms with van der Waals surface area (Å²) >= 11 is 0. The Kier molecular flexibility index (Phi) is 3.68. The van der Waals surface area contributed by atoms with Gasteiger partial charge in [0.1, 0.15) is 0 Å². The minimum absolute atomic E-state index is 0.370. The molecule has 2 fully saturated rings. The lowest BCUT2D eigenvalue weighted by Gasteiger charge is -2.22. The van der Waals surface area contributed by atoms with E-state index in [-0.39, 0.29) is 0 Å². The van der Waals surface area contributed by atoms with Gasteiger partial charge in [-0.1, -0.05) is 0 Å². The van der Waals surface area contributed by atoms with Crippen molar-refractivity contribution in [2.24, 2.45) is 4.99 Å². The lowest BCUT2D eigenvalue weighted by molar-refractivity contribution is 0.0992. The van der Waals surface area contributed by atoms with Crippen molar-refractivity contribution < 1.29 is 4.74 Å². The Morgan fingerprint density at radius 3 is 3.11 bits per heavy atom. The van der Waals surface area contributed by atoms with Crippen LogP contribution in [-0.2, 0) is 11.3 Å². The first-order chi connectivity index (χ1) is 9.35. The number of aliphatic imine (C=N–C) groups is 1. The van der Waals surface area contributed by atoms with Crippen molar-refractivity contribution in [1.29, 1.82) is 0 Å². The highest BCUT2D eigenvalue weighted by Gasteiger charge is 2.40. The molecule has 0 spiro atoms. The van der Waals surface area contributed by atoms with Crippen molar-refractivity contribution in [2.75, 3.05) is 13.6 Å². The van der Waals surface area contributed by atoms with Gasteiger partial charge < -0.3 is 15.4 Å². The van der Waals surface area contributed by atoms with Gasteiger partial charge in [-0.2, -0.15) is 5.10 Å². The summed E-state index contributed by atoms with van der Waals surface area (Å²) in [7, 11) is 1.80. The van der Waals surface area contributed by atoms with Gasteiger partial charge in [-0.15, -0.1) is 0 Å². The van der Waals surface area contributed by atoms with Gasteiger partial charge in [0.15, 0.2) is 5.96 Å². The van der Waals surface area contributed by atoms with E-state index >= 15 is 0 Å². The molecule has 2 N–H and O–H groups in total. The van der Waals surface area contributed by atoms with Crippen molar-refractivity contribution in [1.82, 2.24) is 20.4 Å². The normalized spacial score (nSPS) is 29.7. The van der Waals surface area contributed by atoms with Crippen LogP contribution >= 0.6 is 0 Å². The summed E-state index contributed by atoms with van der Waals surface area (Å²) in [5, 5.41) is 10.9. The highest BCUT2D eigenvalue weighted by Crippen LogP contribution is 2.34. The van der Waals surface area contributed by atoms with Gasteiger partial charge in [0, 0.05) is 26.0 Å². The first kappa shape index (κ1) is 12.5. The number of aromatic nitrogens is 2. The van der Waals surface area contributed by atoms with Crippen LogP contribution in [0.2, 0.25) is 0 Å². The Labute approximate surface area is 113 Å². The van der Waals surface area contributed by atoms with Gasteiger partial charge in [0.05, 0.1) is 24.8 Å². The monoisotopic (exact) mass is 263 g/mol. The smallest absolute Gasteiger partial charge is 0.191 e. The molecule has 0 aromatic carbocycles. The van der Waals surface area contributed by atoms with E-state index in [2.05, 4.69) is 20.7 Å². The van der Waals surface area contributed by atoms with Gasteiger partial charge in [0.25, 0.3) is 0 Å². The summed E-state index contributed by atoms with van der Waals surface area (Å²) in [6, 6.07) is 2.34. The van der Waals surface area contributed by atoms with E-state index in [1.807, 2.05) is 16.9 Å². The standard InChI is InChI=1S/C13H21N5O/c1-14-13(15-6-8-18-7-2-5-16-18)17-11-9-10-3-4-12(11)19-10/h2,5,7,10-12H,3-4,6,8-9H2,1H3,(H2,14,15,17). The number of nitrogens with zero attached hydrogens (tertiary/aromatic N) is 3. The second-order valence-electron chi connectivity index (χ2n) is 5.13. The van der Waals surface area contributed by atoms with E-state index < -0.39 is 0 Å². The van der Waals surface area contributed by atoms with Crippen LogP contribution < -0.4 is 10.6 Å². The summed E-state index contributed by atoms with van der Waals surface area (Å²) in [5.41, 5.74) is 0. The summed E-state index contributed by atoms with van der Waals surface area (Å²) in [4.78, 5) is 4.26. The molecular weight excluding hydrogens is 242 g/mol. The van der Waals surface area contributed by atoms with E-state index in [9.17, 15) is 0 Å². The lowest BCUT2D eigenvalue weighted by atomic mass is 9.96. The minimum Gasteiger partial charge on any atom is -0.373 e. The molecule has 3 unspecified atom stereocenters. The van der Waals surface area contributed by atoms with Crippen molar-refractivity contribution in [2.45, 2.75) is 44.1 Å². The number of nitrogens with one attached hydrogen (secondary N) is 2. The second-order valence-corrected chi connectivity index (χ2v) is 5.13. The summed E-state index contributed by atoms with van der Waals surface area (Å²) in [5.74, 6) is 0.855. The van der Waals surface area contributed by atoms with Crippen LogP contribution in [0.3, 0.4) is 0 Å². The number of ether oxygens (including phenoxy) is 1. The lowest BCUT2D eigenvalue weighted by Crippen LogP contribution is -2.48. The first-order valence-electron chi connectivity index (χ1n) is 6.95. The van der Waals surface area contributed by atoms with Crippen molar-refractivity contribution in [3.05, 3.63) is 18.5 Å². The Hall–Kier alpha value is -1.56.